The molecule has 2 atom stereocenters. The third kappa shape index (κ3) is 2.85. The Hall–Kier alpha value is -1.30. The Bertz CT molecular complexity index is 339. The highest BCUT2D eigenvalue weighted by Gasteiger charge is 2.18. The van der Waals surface area contributed by atoms with Crippen molar-refractivity contribution >= 4 is 0 Å². The van der Waals surface area contributed by atoms with Crippen molar-refractivity contribution in [2.24, 2.45) is 0 Å². The zero-order valence-electron chi connectivity index (χ0n) is 9.00. The molecule has 0 amide bonds. The van der Waals surface area contributed by atoms with Gasteiger partial charge in [-0.2, -0.15) is 0 Å². The van der Waals surface area contributed by atoms with E-state index in [4.69, 9.17) is 9.84 Å². The molecule has 0 spiro atoms. The second-order valence-electron chi connectivity index (χ2n) is 3.35. The Morgan fingerprint density at radius 2 is 2.00 bits per heavy atom. The number of rotatable bonds is 5. The first kappa shape index (κ1) is 12.8. The Kier molecular flexibility index (Phi) is 4.54. The summed E-state index contributed by atoms with van der Waals surface area (Å²) in [5, 5.41) is 37.0. The van der Waals surface area contributed by atoms with Crippen molar-refractivity contribution in [2.75, 3.05) is 13.2 Å². The second-order valence-corrected chi connectivity index (χ2v) is 3.35. The van der Waals surface area contributed by atoms with Crippen LogP contribution in [0.15, 0.2) is 18.2 Å². The molecule has 0 aliphatic rings. The average molecular weight is 228 g/mol. The lowest BCUT2D eigenvalue weighted by Crippen LogP contribution is -2.22. The highest BCUT2D eigenvalue weighted by molar-refractivity contribution is 5.42. The van der Waals surface area contributed by atoms with Gasteiger partial charge < -0.3 is 25.2 Å². The molecule has 0 fully saturated rings. The third-order valence-corrected chi connectivity index (χ3v) is 2.18. The smallest absolute Gasteiger partial charge is 0.161 e. The number of hydrogen-bond donors (Lipinski definition) is 4. The largest absolute Gasteiger partial charge is 0.504 e. The predicted molar refractivity (Wildman–Crippen MR) is 57.3 cm³/mol. The second kappa shape index (κ2) is 5.69. The molecule has 2 unspecified atom stereocenters. The van der Waals surface area contributed by atoms with Crippen molar-refractivity contribution in [3.8, 4) is 11.5 Å². The van der Waals surface area contributed by atoms with E-state index in [0.717, 1.165) is 0 Å². The third-order valence-electron chi connectivity index (χ3n) is 2.18. The molecule has 0 bridgehead atoms. The van der Waals surface area contributed by atoms with Crippen LogP contribution in [-0.4, -0.2) is 39.7 Å². The van der Waals surface area contributed by atoms with Crippen molar-refractivity contribution in [1.82, 2.24) is 0 Å². The lowest BCUT2D eigenvalue weighted by atomic mass is 10.0. The first-order valence-corrected chi connectivity index (χ1v) is 5.02. The minimum Gasteiger partial charge on any atom is -0.504 e. The van der Waals surface area contributed by atoms with E-state index in [2.05, 4.69) is 0 Å². The van der Waals surface area contributed by atoms with Gasteiger partial charge in [-0.3, -0.25) is 0 Å². The number of phenols is 1. The molecule has 1 aromatic carbocycles. The molecular formula is C11H16O5. The van der Waals surface area contributed by atoms with Gasteiger partial charge in [0.25, 0.3) is 0 Å². The summed E-state index contributed by atoms with van der Waals surface area (Å²) < 4.78 is 5.14. The van der Waals surface area contributed by atoms with Crippen LogP contribution in [-0.2, 0) is 0 Å². The molecule has 0 heterocycles. The topological polar surface area (TPSA) is 90.2 Å². The van der Waals surface area contributed by atoms with Gasteiger partial charge in [0, 0.05) is 0 Å². The molecule has 1 aromatic rings. The molecule has 0 aliphatic carbocycles. The molecule has 90 valence electrons. The first-order valence-electron chi connectivity index (χ1n) is 5.02. The van der Waals surface area contributed by atoms with Gasteiger partial charge in [0.05, 0.1) is 13.2 Å². The molecule has 0 saturated heterocycles. The number of benzene rings is 1. The molecule has 0 radical (unpaired) electrons. The Morgan fingerprint density at radius 3 is 2.56 bits per heavy atom. The molecule has 0 aromatic heterocycles. The standard InChI is InChI=1S/C11H16O5/c1-2-16-10-5-7(3-4-8(10)13)11(15)9(14)6-12/h3-5,9,11-15H,2,6H2,1H3. The molecule has 4 N–H and O–H groups in total. The van der Waals surface area contributed by atoms with Crippen molar-refractivity contribution in [3.63, 3.8) is 0 Å². The summed E-state index contributed by atoms with van der Waals surface area (Å²) in [6.45, 7) is 1.62. The maximum absolute atomic E-state index is 9.63. The van der Waals surface area contributed by atoms with Gasteiger partial charge in [-0.25, -0.2) is 0 Å². The lowest BCUT2D eigenvalue weighted by Gasteiger charge is -2.17. The number of hydrogen-bond acceptors (Lipinski definition) is 5. The van der Waals surface area contributed by atoms with Crippen LogP contribution in [0.3, 0.4) is 0 Å². The number of aliphatic hydroxyl groups is 3. The van der Waals surface area contributed by atoms with Crippen molar-refractivity contribution in [2.45, 2.75) is 19.1 Å². The van der Waals surface area contributed by atoms with Crippen LogP contribution in [0.4, 0.5) is 0 Å². The van der Waals surface area contributed by atoms with Crippen LogP contribution in [0, 0.1) is 0 Å². The van der Waals surface area contributed by atoms with Crippen molar-refractivity contribution in [1.29, 1.82) is 0 Å². The summed E-state index contributed by atoms with van der Waals surface area (Å²) in [5.74, 6) is 0.209. The summed E-state index contributed by atoms with van der Waals surface area (Å²) in [4.78, 5) is 0. The SMILES string of the molecule is CCOc1cc(C(O)C(O)CO)ccc1O. The van der Waals surface area contributed by atoms with E-state index in [1.807, 2.05) is 0 Å². The van der Waals surface area contributed by atoms with Gasteiger partial charge in [0.15, 0.2) is 11.5 Å². The normalized spacial score (nSPS) is 14.5. The Labute approximate surface area is 93.5 Å². The number of phenolic OH excluding ortho intramolecular Hbond substituents is 1. The van der Waals surface area contributed by atoms with E-state index in [1.54, 1.807) is 6.92 Å². The fourth-order valence-corrected chi connectivity index (χ4v) is 1.31. The molecule has 1 rings (SSSR count). The monoisotopic (exact) mass is 228 g/mol. The first-order chi connectivity index (χ1) is 7.60. The maximum Gasteiger partial charge on any atom is 0.161 e. The zero-order valence-corrected chi connectivity index (χ0v) is 9.00. The highest BCUT2D eigenvalue weighted by atomic mass is 16.5. The van der Waals surface area contributed by atoms with Gasteiger partial charge in [0.2, 0.25) is 0 Å². The number of aliphatic hydroxyl groups excluding tert-OH is 3. The van der Waals surface area contributed by atoms with Gasteiger partial charge in [-0.05, 0) is 24.6 Å². The molecular weight excluding hydrogens is 212 g/mol. The Morgan fingerprint density at radius 1 is 1.31 bits per heavy atom. The minimum atomic E-state index is -1.25. The fourth-order valence-electron chi connectivity index (χ4n) is 1.31. The van der Waals surface area contributed by atoms with Crippen LogP contribution in [0.5, 0.6) is 11.5 Å². The van der Waals surface area contributed by atoms with Gasteiger partial charge >= 0.3 is 0 Å². The van der Waals surface area contributed by atoms with E-state index in [9.17, 15) is 15.3 Å². The van der Waals surface area contributed by atoms with Crippen molar-refractivity contribution < 1.29 is 25.2 Å². The summed E-state index contributed by atoms with van der Waals surface area (Å²) >= 11 is 0. The summed E-state index contributed by atoms with van der Waals surface area (Å²) in [5.41, 5.74) is 0.378. The van der Waals surface area contributed by atoms with E-state index in [-0.39, 0.29) is 11.5 Å². The molecule has 5 nitrogen and oxygen atoms in total. The molecule has 0 saturated carbocycles. The highest BCUT2D eigenvalue weighted by Crippen LogP contribution is 2.30. The van der Waals surface area contributed by atoms with Crippen molar-refractivity contribution in [3.05, 3.63) is 23.8 Å². The lowest BCUT2D eigenvalue weighted by molar-refractivity contribution is -0.0153. The zero-order chi connectivity index (χ0) is 12.1. The van der Waals surface area contributed by atoms with Crippen LogP contribution < -0.4 is 4.74 Å². The van der Waals surface area contributed by atoms with Gasteiger partial charge in [0.1, 0.15) is 12.2 Å². The van der Waals surface area contributed by atoms with Crippen LogP contribution in [0.1, 0.15) is 18.6 Å². The van der Waals surface area contributed by atoms with E-state index in [0.29, 0.717) is 12.2 Å². The summed E-state index contributed by atoms with van der Waals surface area (Å²) in [6, 6.07) is 4.26. The summed E-state index contributed by atoms with van der Waals surface area (Å²) in [6.07, 6.45) is -2.45. The van der Waals surface area contributed by atoms with Crippen LogP contribution in [0.25, 0.3) is 0 Å². The molecule has 5 heteroatoms. The predicted octanol–water partition coefficient (Wildman–Crippen LogP) is 0.177. The molecule has 16 heavy (non-hydrogen) atoms. The van der Waals surface area contributed by atoms with Crippen LogP contribution in [0.2, 0.25) is 0 Å². The number of aromatic hydroxyl groups is 1. The minimum absolute atomic E-state index is 0.0312. The summed E-state index contributed by atoms with van der Waals surface area (Å²) in [7, 11) is 0. The Balaban J connectivity index is 2.93. The van der Waals surface area contributed by atoms with E-state index in [1.165, 1.54) is 18.2 Å². The van der Waals surface area contributed by atoms with E-state index < -0.39 is 18.8 Å². The molecule has 0 aliphatic heterocycles. The quantitative estimate of drug-likeness (QED) is 0.577. The van der Waals surface area contributed by atoms with Gasteiger partial charge in [-0.15, -0.1) is 0 Å². The van der Waals surface area contributed by atoms with E-state index >= 15 is 0 Å². The van der Waals surface area contributed by atoms with Crippen LogP contribution >= 0.6 is 0 Å². The fraction of sp³-hybridized carbons (Fsp3) is 0.455. The number of ether oxygens (including phenoxy) is 1. The maximum atomic E-state index is 9.63. The average Bonchev–Trinajstić information content (AvgIpc) is 2.30. The van der Waals surface area contributed by atoms with Gasteiger partial charge in [-0.1, -0.05) is 6.07 Å².